The highest BCUT2D eigenvalue weighted by molar-refractivity contribution is 5.49. The van der Waals surface area contributed by atoms with E-state index in [1.807, 2.05) is 0 Å². The van der Waals surface area contributed by atoms with Crippen molar-refractivity contribution in [3.05, 3.63) is 58.2 Å². The standard InChI is InChI=1S/C23H34/c1-9-19-20(16(2)13-21(19)23(6,7)8)15-17-11-10-12-18(14-17)22(3,4)5/h10-14,16H,9,15H2,1-8H3/t16-/m1/s1. The minimum absolute atomic E-state index is 0.216. The second-order valence-electron chi connectivity index (χ2n) is 9.10. The van der Waals surface area contributed by atoms with Crippen LogP contribution in [0.4, 0.5) is 0 Å². The predicted molar refractivity (Wildman–Crippen MR) is 103 cm³/mol. The van der Waals surface area contributed by atoms with E-state index < -0.39 is 0 Å². The van der Waals surface area contributed by atoms with Crippen molar-refractivity contribution < 1.29 is 0 Å². The van der Waals surface area contributed by atoms with Gasteiger partial charge in [-0.2, -0.15) is 0 Å². The monoisotopic (exact) mass is 310 g/mol. The van der Waals surface area contributed by atoms with Gasteiger partial charge in [-0.05, 0) is 51.9 Å². The van der Waals surface area contributed by atoms with Crippen molar-refractivity contribution in [2.45, 2.75) is 73.6 Å². The molecule has 0 aromatic heterocycles. The topological polar surface area (TPSA) is 0 Å². The Labute approximate surface area is 143 Å². The SMILES string of the molecule is CCC1=C(Cc2cccc(C(C)(C)C)c2)[C@H](C)C=C1C(C)(C)C. The van der Waals surface area contributed by atoms with E-state index in [-0.39, 0.29) is 10.8 Å². The Hall–Kier alpha value is -1.30. The molecule has 0 heterocycles. The average Bonchev–Trinajstić information content (AvgIpc) is 2.75. The minimum atomic E-state index is 0.216. The fraction of sp³-hybridized carbons (Fsp3) is 0.565. The molecule has 0 aliphatic heterocycles. The maximum Gasteiger partial charge on any atom is -0.00363 e. The van der Waals surface area contributed by atoms with Gasteiger partial charge in [-0.15, -0.1) is 0 Å². The third-order valence-corrected chi connectivity index (χ3v) is 5.03. The molecule has 1 atom stereocenters. The van der Waals surface area contributed by atoms with Gasteiger partial charge in [-0.3, -0.25) is 0 Å². The molecule has 0 radical (unpaired) electrons. The lowest BCUT2D eigenvalue weighted by atomic mass is 9.81. The highest BCUT2D eigenvalue weighted by atomic mass is 14.3. The first kappa shape index (κ1) is 18.0. The van der Waals surface area contributed by atoms with E-state index in [4.69, 9.17) is 0 Å². The van der Waals surface area contributed by atoms with Crippen molar-refractivity contribution in [3.63, 3.8) is 0 Å². The second kappa shape index (κ2) is 6.30. The quantitative estimate of drug-likeness (QED) is 0.572. The molecule has 1 aliphatic rings. The first-order valence-corrected chi connectivity index (χ1v) is 9.08. The Morgan fingerprint density at radius 3 is 2.13 bits per heavy atom. The van der Waals surface area contributed by atoms with E-state index >= 15 is 0 Å². The molecule has 23 heavy (non-hydrogen) atoms. The van der Waals surface area contributed by atoms with Crippen molar-refractivity contribution in [2.75, 3.05) is 0 Å². The summed E-state index contributed by atoms with van der Waals surface area (Å²) in [5.41, 5.74) is 8.14. The molecule has 0 fully saturated rings. The van der Waals surface area contributed by atoms with Crippen molar-refractivity contribution in [1.82, 2.24) is 0 Å². The van der Waals surface area contributed by atoms with Gasteiger partial charge in [-0.25, -0.2) is 0 Å². The molecule has 0 N–H and O–H groups in total. The van der Waals surface area contributed by atoms with Crippen LogP contribution in [0.2, 0.25) is 0 Å². The summed E-state index contributed by atoms with van der Waals surface area (Å²) in [6, 6.07) is 9.18. The van der Waals surface area contributed by atoms with Crippen molar-refractivity contribution in [1.29, 1.82) is 0 Å². The van der Waals surface area contributed by atoms with Gasteiger partial charge in [0.25, 0.3) is 0 Å². The summed E-state index contributed by atoms with van der Waals surface area (Å²) in [5, 5.41) is 0. The Morgan fingerprint density at radius 1 is 0.957 bits per heavy atom. The van der Waals surface area contributed by atoms with Gasteiger partial charge in [0.15, 0.2) is 0 Å². The maximum absolute atomic E-state index is 2.50. The van der Waals surface area contributed by atoms with E-state index in [0.717, 1.165) is 12.8 Å². The van der Waals surface area contributed by atoms with Gasteiger partial charge >= 0.3 is 0 Å². The Morgan fingerprint density at radius 2 is 1.61 bits per heavy atom. The van der Waals surface area contributed by atoms with Crippen molar-refractivity contribution in [2.24, 2.45) is 11.3 Å². The normalized spacial score (nSPS) is 19.3. The molecule has 0 heteroatoms. The second-order valence-corrected chi connectivity index (χ2v) is 9.10. The third kappa shape index (κ3) is 3.97. The smallest absolute Gasteiger partial charge is 0.00363 e. The van der Waals surface area contributed by atoms with Crippen LogP contribution >= 0.6 is 0 Å². The summed E-state index contributed by atoms with van der Waals surface area (Å²) in [5.74, 6) is 0.567. The summed E-state index contributed by atoms with van der Waals surface area (Å²) in [4.78, 5) is 0. The van der Waals surface area contributed by atoms with E-state index in [0.29, 0.717) is 5.92 Å². The first-order valence-electron chi connectivity index (χ1n) is 9.08. The number of allylic oxidation sites excluding steroid dienone is 4. The summed E-state index contributed by atoms with van der Waals surface area (Å²) in [7, 11) is 0. The lowest BCUT2D eigenvalue weighted by Crippen LogP contribution is -2.12. The molecule has 0 saturated carbocycles. The zero-order chi connectivity index (χ0) is 17.4. The van der Waals surface area contributed by atoms with Crippen LogP contribution in [0.3, 0.4) is 0 Å². The molecule has 1 aliphatic carbocycles. The van der Waals surface area contributed by atoms with Crippen LogP contribution in [0.1, 0.15) is 72.9 Å². The van der Waals surface area contributed by atoms with Gasteiger partial charge in [-0.1, -0.05) is 91.3 Å². The summed E-state index contributed by atoms with van der Waals surface area (Å²) < 4.78 is 0. The third-order valence-electron chi connectivity index (χ3n) is 5.03. The maximum atomic E-state index is 2.50. The first-order chi connectivity index (χ1) is 10.5. The van der Waals surface area contributed by atoms with Crippen LogP contribution in [0.5, 0.6) is 0 Å². The molecule has 0 saturated heterocycles. The minimum Gasteiger partial charge on any atom is -0.0736 e. The molecular formula is C23H34. The number of hydrogen-bond acceptors (Lipinski definition) is 0. The van der Waals surface area contributed by atoms with Gasteiger partial charge in [0.05, 0.1) is 0 Å². The van der Waals surface area contributed by atoms with E-state index in [1.54, 1.807) is 16.7 Å². The lowest BCUT2D eigenvalue weighted by molar-refractivity contribution is 0.508. The molecule has 0 nitrogen and oxygen atoms in total. The molecule has 126 valence electrons. The average molecular weight is 311 g/mol. The molecule has 1 aromatic rings. The van der Waals surface area contributed by atoms with Crippen LogP contribution in [0.25, 0.3) is 0 Å². The lowest BCUT2D eigenvalue weighted by Gasteiger charge is -2.24. The Kier molecular flexibility index (Phi) is 4.95. The summed E-state index contributed by atoms with van der Waals surface area (Å²) in [6.45, 7) is 18.6. The van der Waals surface area contributed by atoms with Crippen molar-refractivity contribution >= 4 is 0 Å². The number of benzene rings is 1. The van der Waals surface area contributed by atoms with Crippen LogP contribution in [0.15, 0.2) is 47.1 Å². The molecule has 0 amide bonds. The highest BCUT2D eigenvalue weighted by Gasteiger charge is 2.29. The number of rotatable bonds is 3. The highest BCUT2D eigenvalue weighted by Crippen LogP contribution is 2.43. The zero-order valence-corrected chi connectivity index (χ0v) is 16.4. The summed E-state index contributed by atoms with van der Waals surface area (Å²) >= 11 is 0. The molecule has 0 spiro atoms. The molecule has 1 aromatic carbocycles. The predicted octanol–water partition coefficient (Wildman–Crippen LogP) is 6.86. The number of hydrogen-bond donors (Lipinski definition) is 0. The van der Waals surface area contributed by atoms with Gasteiger partial charge < -0.3 is 0 Å². The van der Waals surface area contributed by atoms with E-state index in [9.17, 15) is 0 Å². The molecule has 2 rings (SSSR count). The van der Waals surface area contributed by atoms with Crippen LogP contribution < -0.4 is 0 Å². The van der Waals surface area contributed by atoms with Crippen LogP contribution in [0, 0.1) is 11.3 Å². The molecular weight excluding hydrogens is 276 g/mol. The van der Waals surface area contributed by atoms with Crippen LogP contribution in [-0.4, -0.2) is 0 Å². The van der Waals surface area contributed by atoms with Crippen LogP contribution in [-0.2, 0) is 11.8 Å². The fourth-order valence-electron chi connectivity index (χ4n) is 3.65. The largest absolute Gasteiger partial charge is 0.0736 e. The van der Waals surface area contributed by atoms with E-state index in [2.05, 4.69) is 85.7 Å². The van der Waals surface area contributed by atoms with Gasteiger partial charge in [0.1, 0.15) is 0 Å². The zero-order valence-electron chi connectivity index (χ0n) is 16.4. The van der Waals surface area contributed by atoms with E-state index in [1.165, 1.54) is 11.1 Å². The van der Waals surface area contributed by atoms with Gasteiger partial charge in [0, 0.05) is 0 Å². The summed E-state index contributed by atoms with van der Waals surface area (Å²) in [6.07, 6.45) is 4.73. The fourth-order valence-corrected chi connectivity index (χ4v) is 3.65. The van der Waals surface area contributed by atoms with Gasteiger partial charge in [0.2, 0.25) is 0 Å². The Bertz CT molecular complexity index is 627. The molecule has 0 bridgehead atoms. The Balaban J connectivity index is 2.36. The van der Waals surface area contributed by atoms with Crippen molar-refractivity contribution in [3.8, 4) is 0 Å². The molecule has 0 unspecified atom stereocenters.